The molecule has 0 bridgehead atoms. The van der Waals surface area contributed by atoms with Gasteiger partial charge in [0.1, 0.15) is 18.8 Å². The van der Waals surface area contributed by atoms with E-state index in [4.69, 9.17) is 23.2 Å². The molecule has 6 nitrogen and oxygen atoms in total. The fourth-order valence-electron chi connectivity index (χ4n) is 2.41. The highest BCUT2D eigenvalue weighted by Gasteiger charge is 2.42. The third kappa shape index (κ3) is 2.02. The van der Waals surface area contributed by atoms with Gasteiger partial charge >= 0.3 is 0 Å². The normalized spacial score (nSPS) is 15.5. The van der Waals surface area contributed by atoms with Gasteiger partial charge in [-0.2, -0.15) is 5.10 Å². The quantitative estimate of drug-likeness (QED) is 0.814. The Hall–Kier alpha value is -1.92. The number of halogens is 2. The van der Waals surface area contributed by atoms with Crippen LogP contribution in [0.5, 0.6) is 0 Å². The van der Waals surface area contributed by atoms with E-state index in [2.05, 4.69) is 10.1 Å². The van der Waals surface area contributed by atoms with Crippen molar-refractivity contribution in [2.75, 3.05) is 0 Å². The van der Waals surface area contributed by atoms with E-state index >= 15 is 0 Å². The van der Waals surface area contributed by atoms with Gasteiger partial charge < -0.3 is 0 Å². The maximum absolute atomic E-state index is 12.6. The number of hydrogen-bond donors (Lipinski definition) is 0. The molecule has 2 amide bonds. The van der Waals surface area contributed by atoms with E-state index < -0.39 is 18.0 Å². The molecule has 1 aromatic heterocycles. The first kappa shape index (κ1) is 14.0. The first-order chi connectivity index (χ1) is 10.1. The molecule has 0 radical (unpaired) electrons. The molecule has 1 aliphatic rings. The number of nitrogens with zero attached hydrogens (tertiary/aromatic N) is 4. The number of fused-ring (bicyclic) bond motifs is 1. The van der Waals surface area contributed by atoms with Crippen LogP contribution in [0, 0.1) is 0 Å². The van der Waals surface area contributed by atoms with E-state index in [1.807, 2.05) is 6.92 Å². The zero-order valence-electron chi connectivity index (χ0n) is 11.0. The zero-order chi connectivity index (χ0) is 15.1. The van der Waals surface area contributed by atoms with Gasteiger partial charge in [0, 0.05) is 0 Å². The van der Waals surface area contributed by atoms with Crippen LogP contribution in [0.1, 0.15) is 40.2 Å². The Balaban J connectivity index is 2.09. The van der Waals surface area contributed by atoms with Crippen LogP contribution in [0.15, 0.2) is 24.8 Å². The number of benzene rings is 1. The van der Waals surface area contributed by atoms with E-state index in [-0.39, 0.29) is 21.2 Å². The van der Waals surface area contributed by atoms with Crippen molar-refractivity contribution in [2.45, 2.75) is 19.5 Å². The molecular weight excluding hydrogens is 315 g/mol. The Morgan fingerprint density at radius 2 is 2.00 bits per heavy atom. The lowest BCUT2D eigenvalue weighted by Crippen LogP contribution is -2.37. The van der Waals surface area contributed by atoms with Gasteiger partial charge in [0.05, 0.1) is 21.2 Å². The second kappa shape index (κ2) is 5.13. The van der Waals surface area contributed by atoms with E-state index in [1.165, 1.54) is 29.5 Å². The minimum Gasteiger partial charge on any atom is -0.268 e. The summed E-state index contributed by atoms with van der Waals surface area (Å²) in [4.78, 5) is 30.1. The van der Waals surface area contributed by atoms with Crippen molar-refractivity contribution in [1.82, 2.24) is 19.7 Å². The van der Waals surface area contributed by atoms with Crippen LogP contribution in [0.3, 0.4) is 0 Å². The van der Waals surface area contributed by atoms with Gasteiger partial charge in [-0.3, -0.25) is 14.5 Å². The molecule has 0 saturated heterocycles. The summed E-state index contributed by atoms with van der Waals surface area (Å²) in [7, 11) is 0. The van der Waals surface area contributed by atoms with Gasteiger partial charge in [-0.25, -0.2) is 9.67 Å². The maximum atomic E-state index is 12.6. The van der Waals surface area contributed by atoms with Gasteiger partial charge in [-0.05, 0) is 18.6 Å². The summed E-state index contributed by atoms with van der Waals surface area (Å²) in [5, 5.41) is 4.35. The molecule has 0 N–H and O–H groups in total. The first-order valence-corrected chi connectivity index (χ1v) is 7.01. The lowest BCUT2D eigenvalue weighted by molar-refractivity contribution is 0.0489. The molecule has 21 heavy (non-hydrogen) atoms. The largest absolute Gasteiger partial charge is 0.268 e. The van der Waals surface area contributed by atoms with Crippen molar-refractivity contribution in [3.8, 4) is 0 Å². The maximum Gasteiger partial charge on any atom is 0.264 e. The topological polar surface area (TPSA) is 68.1 Å². The minimum atomic E-state index is -0.547. The fourth-order valence-corrected chi connectivity index (χ4v) is 2.81. The summed E-state index contributed by atoms with van der Waals surface area (Å²) < 4.78 is 1.47. The first-order valence-electron chi connectivity index (χ1n) is 6.26. The van der Waals surface area contributed by atoms with Gasteiger partial charge in [0.15, 0.2) is 0 Å². The van der Waals surface area contributed by atoms with Crippen molar-refractivity contribution >= 4 is 35.0 Å². The van der Waals surface area contributed by atoms with E-state index in [1.54, 1.807) is 0 Å². The Morgan fingerprint density at radius 3 is 2.62 bits per heavy atom. The molecule has 2 heterocycles. The van der Waals surface area contributed by atoms with E-state index in [0.717, 1.165) is 4.90 Å². The molecule has 1 aliphatic heterocycles. The Bertz CT molecular complexity index is 730. The number of imide groups is 1. The average molecular weight is 325 g/mol. The van der Waals surface area contributed by atoms with Crippen LogP contribution in [0.4, 0.5) is 0 Å². The SMILES string of the molecule is CCC(N1C(=O)c2ccc(Cl)c(Cl)c2C1=O)n1cncn1. The predicted octanol–water partition coefficient (Wildman–Crippen LogP) is 2.79. The van der Waals surface area contributed by atoms with Crippen LogP contribution < -0.4 is 0 Å². The highest BCUT2D eigenvalue weighted by atomic mass is 35.5. The third-order valence-electron chi connectivity index (χ3n) is 3.38. The summed E-state index contributed by atoms with van der Waals surface area (Å²) in [6.45, 7) is 1.85. The van der Waals surface area contributed by atoms with Crippen LogP contribution in [-0.4, -0.2) is 31.5 Å². The van der Waals surface area contributed by atoms with Crippen LogP contribution >= 0.6 is 23.2 Å². The average Bonchev–Trinajstić information content (AvgIpc) is 3.07. The van der Waals surface area contributed by atoms with Crippen molar-refractivity contribution in [2.24, 2.45) is 0 Å². The Morgan fingerprint density at radius 1 is 1.24 bits per heavy atom. The molecule has 1 aromatic carbocycles. The molecule has 0 fully saturated rings. The molecule has 0 spiro atoms. The molecule has 2 aromatic rings. The number of amides is 2. The predicted molar refractivity (Wildman–Crippen MR) is 76.3 cm³/mol. The lowest BCUT2D eigenvalue weighted by atomic mass is 10.1. The number of carbonyl (C=O) groups excluding carboxylic acids is 2. The van der Waals surface area contributed by atoms with Crippen LogP contribution in [-0.2, 0) is 0 Å². The standard InChI is InChI=1S/C13H10Cl2N4O2/c1-2-9(18-6-16-5-17-18)19-12(20)7-3-4-8(14)11(15)10(7)13(19)21/h3-6,9H,2H2,1H3. The molecular formula is C13H10Cl2N4O2. The highest BCUT2D eigenvalue weighted by molar-refractivity contribution is 6.45. The van der Waals surface area contributed by atoms with E-state index in [9.17, 15) is 9.59 Å². The van der Waals surface area contributed by atoms with Gasteiger partial charge in [0.2, 0.25) is 0 Å². The molecule has 8 heteroatoms. The second-order valence-electron chi connectivity index (χ2n) is 4.53. The molecule has 0 saturated carbocycles. The smallest absolute Gasteiger partial charge is 0.264 e. The third-order valence-corrected chi connectivity index (χ3v) is 4.19. The lowest BCUT2D eigenvalue weighted by Gasteiger charge is -2.24. The van der Waals surface area contributed by atoms with Crippen LogP contribution in [0.25, 0.3) is 0 Å². The summed E-state index contributed by atoms with van der Waals surface area (Å²) in [6, 6.07) is 3.02. The van der Waals surface area contributed by atoms with E-state index in [0.29, 0.717) is 6.42 Å². The Labute approximate surface area is 130 Å². The van der Waals surface area contributed by atoms with Gasteiger partial charge in [-0.1, -0.05) is 30.1 Å². The highest BCUT2D eigenvalue weighted by Crippen LogP contribution is 2.37. The fraction of sp³-hybridized carbons (Fsp3) is 0.231. The van der Waals surface area contributed by atoms with Crippen LogP contribution in [0.2, 0.25) is 10.0 Å². The number of aromatic nitrogens is 3. The molecule has 1 unspecified atom stereocenters. The van der Waals surface area contributed by atoms with Gasteiger partial charge in [0.25, 0.3) is 11.8 Å². The second-order valence-corrected chi connectivity index (χ2v) is 5.31. The number of rotatable bonds is 3. The molecule has 108 valence electrons. The summed E-state index contributed by atoms with van der Waals surface area (Å²) in [5.41, 5.74) is 0.403. The van der Waals surface area contributed by atoms with Crippen molar-refractivity contribution in [3.63, 3.8) is 0 Å². The van der Waals surface area contributed by atoms with Crippen molar-refractivity contribution in [3.05, 3.63) is 46.0 Å². The minimum absolute atomic E-state index is 0.100. The van der Waals surface area contributed by atoms with Crippen molar-refractivity contribution < 1.29 is 9.59 Å². The van der Waals surface area contributed by atoms with Crippen molar-refractivity contribution in [1.29, 1.82) is 0 Å². The number of hydrogen-bond acceptors (Lipinski definition) is 4. The summed E-state index contributed by atoms with van der Waals surface area (Å²) in [6.07, 6.45) is 2.77. The monoisotopic (exact) mass is 324 g/mol. The summed E-state index contributed by atoms with van der Waals surface area (Å²) in [5.74, 6) is -0.874. The Kier molecular flexibility index (Phi) is 3.43. The molecule has 3 rings (SSSR count). The molecule has 0 aliphatic carbocycles. The van der Waals surface area contributed by atoms with Gasteiger partial charge in [-0.15, -0.1) is 0 Å². The summed E-state index contributed by atoms with van der Waals surface area (Å²) >= 11 is 12.0. The number of carbonyl (C=O) groups is 2. The zero-order valence-corrected chi connectivity index (χ0v) is 12.5. The molecule has 1 atom stereocenters.